The van der Waals surface area contributed by atoms with Gasteiger partial charge in [-0.3, -0.25) is 11.7 Å². The average Bonchev–Trinajstić information content (AvgIpc) is 1.00. The molecule has 0 rings (SSSR count). The number of hydrogen-bond acceptors (Lipinski definition) is 2. The molecule has 4 N–H and O–H groups in total. The summed E-state index contributed by atoms with van der Waals surface area (Å²) in [6.07, 6.45) is 0. The van der Waals surface area contributed by atoms with Gasteiger partial charge in [-0.15, -0.1) is 0 Å². The van der Waals surface area contributed by atoms with Gasteiger partial charge in [0, 0.05) is 0 Å². The molecule has 0 radical (unpaired) electrons. The van der Waals surface area contributed by atoms with Crippen LogP contribution in [0.25, 0.3) is 0 Å². The standard InChI is InChI=1S/H4N2.2H3P/c1-2;;/h1-2H2;2*1H3. The maximum atomic E-state index is 4.00. The zero-order valence-electron chi connectivity index (χ0n) is 2.57. The quantitative estimate of drug-likeness (QED) is 0.231. The highest BCUT2D eigenvalue weighted by molar-refractivity contribution is 6.92. The summed E-state index contributed by atoms with van der Waals surface area (Å²) in [5.41, 5.74) is 0. The van der Waals surface area contributed by atoms with Gasteiger partial charge < -0.3 is 0 Å². The molecule has 0 heterocycles. The van der Waals surface area contributed by atoms with Gasteiger partial charge in [-0.2, -0.15) is 19.8 Å². The van der Waals surface area contributed by atoms with Gasteiger partial charge in [-0.1, -0.05) is 0 Å². The highest BCUT2D eigenvalue weighted by Gasteiger charge is 0.726. The lowest BCUT2D eigenvalue weighted by molar-refractivity contribution is 1.26. The third-order valence-corrected chi connectivity index (χ3v) is 0. The maximum Gasteiger partial charge on any atom is -0.153 e. The fourth-order valence-electron chi connectivity index (χ4n) is 0. The van der Waals surface area contributed by atoms with E-state index < -0.39 is 0 Å². The lowest BCUT2D eigenvalue weighted by Gasteiger charge is -1.27. The zero-order chi connectivity index (χ0) is 2.00. The summed E-state index contributed by atoms with van der Waals surface area (Å²) in [5.74, 6) is 8.00. The van der Waals surface area contributed by atoms with Crippen LogP contribution in [0.4, 0.5) is 0 Å². The van der Waals surface area contributed by atoms with Gasteiger partial charge in [0.2, 0.25) is 0 Å². The van der Waals surface area contributed by atoms with Crippen molar-refractivity contribution in [2.24, 2.45) is 11.7 Å². The summed E-state index contributed by atoms with van der Waals surface area (Å²) < 4.78 is 0. The van der Waals surface area contributed by atoms with Gasteiger partial charge in [0.15, 0.2) is 0 Å². The molecule has 30 valence electrons. The minimum atomic E-state index is 0. The summed E-state index contributed by atoms with van der Waals surface area (Å²) >= 11 is 0. The Morgan fingerprint density at radius 1 is 0.750 bits per heavy atom. The lowest BCUT2D eigenvalue weighted by atomic mass is 13.0. The molecule has 0 aliphatic heterocycles. The number of hydrogen-bond donors (Lipinski definition) is 2. The van der Waals surface area contributed by atoms with Crippen molar-refractivity contribution in [3.05, 3.63) is 0 Å². The van der Waals surface area contributed by atoms with Crippen molar-refractivity contribution < 1.29 is 0 Å². The van der Waals surface area contributed by atoms with E-state index in [-0.39, 0.29) is 19.8 Å². The molecule has 0 bridgehead atoms. The van der Waals surface area contributed by atoms with Crippen LogP contribution >= 0.6 is 19.8 Å². The molecule has 4 heavy (non-hydrogen) atoms. The van der Waals surface area contributed by atoms with Gasteiger partial charge in [0.1, 0.15) is 0 Å². The third kappa shape index (κ3) is 14.5. The van der Waals surface area contributed by atoms with Crippen LogP contribution in [0.15, 0.2) is 0 Å². The van der Waals surface area contributed by atoms with Crippen LogP contribution in [0, 0.1) is 0 Å². The van der Waals surface area contributed by atoms with E-state index >= 15 is 0 Å². The van der Waals surface area contributed by atoms with Crippen molar-refractivity contribution in [2.75, 3.05) is 0 Å². The van der Waals surface area contributed by atoms with E-state index in [0.29, 0.717) is 0 Å². The van der Waals surface area contributed by atoms with Crippen molar-refractivity contribution in [1.29, 1.82) is 0 Å². The molecule has 0 aliphatic rings. The summed E-state index contributed by atoms with van der Waals surface area (Å²) in [6.45, 7) is 0. The molecular weight excluding hydrogens is 90.0 g/mol. The summed E-state index contributed by atoms with van der Waals surface area (Å²) in [7, 11) is 0. The lowest BCUT2D eigenvalue weighted by Crippen LogP contribution is -2.02. The normalized spacial score (nSPS) is 1.50. The molecule has 2 nitrogen and oxygen atoms in total. The third-order valence-electron chi connectivity index (χ3n) is 0. The Balaban J connectivity index is -0.00000000500. The Morgan fingerprint density at radius 2 is 0.750 bits per heavy atom. The second kappa shape index (κ2) is 48.0. The number of hydrazine groups is 1. The topological polar surface area (TPSA) is 52.0 Å². The van der Waals surface area contributed by atoms with Gasteiger partial charge in [0.05, 0.1) is 0 Å². The molecule has 0 amide bonds. The van der Waals surface area contributed by atoms with Crippen LogP contribution < -0.4 is 11.7 Å². The van der Waals surface area contributed by atoms with Gasteiger partial charge in [-0.05, 0) is 0 Å². The minimum absolute atomic E-state index is 0. The number of nitrogens with two attached hydrogens (primary N) is 2. The van der Waals surface area contributed by atoms with Crippen molar-refractivity contribution >= 4 is 19.8 Å². The predicted octanol–water partition coefficient (Wildman–Crippen LogP) is -1.06. The van der Waals surface area contributed by atoms with Crippen LogP contribution in [-0.2, 0) is 0 Å². The average molecular weight is 100 g/mol. The summed E-state index contributed by atoms with van der Waals surface area (Å²) in [5, 5.41) is 0. The van der Waals surface area contributed by atoms with Gasteiger partial charge in [0.25, 0.3) is 0 Å². The zero-order valence-corrected chi connectivity index (χ0v) is 5.40. The molecule has 0 spiro atoms. The van der Waals surface area contributed by atoms with E-state index in [2.05, 4.69) is 11.7 Å². The highest BCUT2D eigenvalue weighted by Crippen LogP contribution is 0.862. The number of rotatable bonds is 0. The fourth-order valence-corrected chi connectivity index (χ4v) is 0. The van der Waals surface area contributed by atoms with E-state index in [1.807, 2.05) is 0 Å². The first-order valence-corrected chi connectivity index (χ1v) is 0.333. The maximum absolute atomic E-state index is 4.00. The Hall–Kier alpha value is 0.780. The van der Waals surface area contributed by atoms with E-state index in [1.165, 1.54) is 0 Å². The molecule has 4 heteroatoms. The molecule has 0 aliphatic carbocycles. The predicted molar refractivity (Wildman–Crippen MR) is 30.6 cm³/mol. The molecule has 0 aromatic rings. The van der Waals surface area contributed by atoms with Crippen LogP contribution in [0.2, 0.25) is 0 Å². The molecule has 0 aromatic carbocycles. The molecule has 0 aromatic heterocycles. The van der Waals surface area contributed by atoms with E-state index in [9.17, 15) is 0 Å². The van der Waals surface area contributed by atoms with Crippen molar-refractivity contribution in [3.8, 4) is 0 Å². The van der Waals surface area contributed by atoms with E-state index in [4.69, 9.17) is 0 Å². The summed E-state index contributed by atoms with van der Waals surface area (Å²) in [4.78, 5) is 0. The molecule has 2 unspecified atom stereocenters. The smallest absolute Gasteiger partial charge is 0.153 e. The summed E-state index contributed by atoms with van der Waals surface area (Å²) in [6, 6.07) is 0. The second-order valence-corrected chi connectivity index (χ2v) is 0. The fraction of sp³-hybridized carbons (Fsp3) is 0. The monoisotopic (exact) mass is 100 g/mol. The Bertz CT molecular complexity index is 4.00. The largest absolute Gasteiger partial charge is 0.274 e. The van der Waals surface area contributed by atoms with E-state index in [1.54, 1.807) is 0 Å². The first kappa shape index (κ1) is 21.6. The molecular formula is H10N2P2. The second-order valence-electron chi connectivity index (χ2n) is 0. The van der Waals surface area contributed by atoms with E-state index in [0.717, 1.165) is 0 Å². The van der Waals surface area contributed by atoms with Crippen molar-refractivity contribution in [3.63, 3.8) is 0 Å². The molecule has 0 saturated heterocycles. The van der Waals surface area contributed by atoms with Crippen LogP contribution in [0.5, 0.6) is 0 Å². The minimum Gasteiger partial charge on any atom is -0.274 e. The molecule has 0 fully saturated rings. The highest BCUT2D eigenvalue weighted by atomic mass is 31.0. The first-order chi connectivity index (χ1) is 1.00. The SMILES string of the molecule is NN.P.P. The van der Waals surface area contributed by atoms with Gasteiger partial charge in [-0.25, -0.2) is 0 Å². The van der Waals surface area contributed by atoms with Crippen LogP contribution in [-0.4, -0.2) is 0 Å². The Labute approximate surface area is 32.5 Å². The van der Waals surface area contributed by atoms with Crippen molar-refractivity contribution in [2.45, 2.75) is 0 Å². The molecule has 0 saturated carbocycles. The first-order valence-electron chi connectivity index (χ1n) is 0.333. The van der Waals surface area contributed by atoms with Gasteiger partial charge >= 0.3 is 0 Å². The van der Waals surface area contributed by atoms with Crippen LogP contribution in [0.1, 0.15) is 0 Å². The molecule has 2 atom stereocenters. The van der Waals surface area contributed by atoms with Crippen LogP contribution in [0.3, 0.4) is 0 Å². The Kier molecular flexibility index (Phi) is 259. The van der Waals surface area contributed by atoms with Crippen molar-refractivity contribution in [1.82, 2.24) is 0 Å². The Morgan fingerprint density at radius 3 is 0.750 bits per heavy atom.